The number of quaternary nitrogens is 1. The molecule has 0 bridgehead atoms. The van der Waals surface area contributed by atoms with E-state index in [1.54, 1.807) is 31.4 Å². The first-order valence-electron chi connectivity index (χ1n) is 6.60. The molecule has 6 nitrogen and oxygen atoms in total. The van der Waals surface area contributed by atoms with E-state index in [-0.39, 0.29) is 28.5 Å². The van der Waals surface area contributed by atoms with E-state index >= 15 is 0 Å². The second-order valence-electron chi connectivity index (χ2n) is 5.94. The molecule has 0 unspecified atom stereocenters. The van der Waals surface area contributed by atoms with Crippen LogP contribution in [0.5, 0.6) is 5.75 Å². The maximum Gasteiger partial charge on any atom is 0.323 e. The zero-order chi connectivity index (χ0) is 15.6. The number of nitrogens with one attached hydrogen (secondary N) is 2. The van der Waals surface area contributed by atoms with Crippen molar-refractivity contribution >= 4 is 5.78 Å². The molecule has 7 heteroatoms. The highest BCUT2D eigenvalue weighted by Gasteiger charge is 2.21. The van der Waals surface area contributed by atoms with Gasteiger partial charge in [-0.3, -0.25) is 4.79 Å². The lowest BCUT2D eigenvalue weighted by Gasteiger charge is -2.23. The van der Waals surface area contributed by atoms with Crippen LogP contribution in [0.1, 0.15) is 21.7 Å². The van der Waals surface area contributed by atoms with Crippen LogP contribution in [-0.2, 0) is 6.54 Å². The van der Waals surface area contributed by atoms with Gasteiger partial charge >= 0.3 is 5.69 Å². The Balaban J connectivity index is 0.00000242. The van der Waals surface area contributed by atoms with Crippen LogP contribution in [0.3, 0.4) is 0 Å². The van der Waals surface area contributed by atoms with Gasteiger partial charge in [0.25, 0.3) is 0 Å². The summed E-state index contributed by atoms with van der Waals surface area (Å²) in [5, 5.41) is 0. The van der Waals surface area contributed by atoms with Gasteiger partial charge in [-0.05, 0) is 24.3 Å². The monoisotopic (exact) mass is 369 g/mol. The molecule has 1 aromatic carbocycles. The summed E-state index contributed by atoms with van der Waals surface area (Å²) < 4.78 is 5.68. The SMILES string of the molecule is COc1ccc(C(=O)c2[nH]c(=O)[nH]c2C[N+](C)(C)C)cc1.[Br-]. The van der Waals surface area contributed by atoms with Gasteiger partial charge in [-0.25, -0.2) is 4.79 Å². The molecule has 1 aromatic heterocycles. The molecule has 0 amide bonds. The van der Waals surface area contributed by atoms with Crippen LogP contribution >= 0.6 is 0 Å². The quantitative estimate of drug-likeness (QED) is 0.480. The van der Waals surface area contributed by atoms with E-state index in [1.807, 2.05) is 21.1 Å². The van der Waals surface area contributed by atoms with Gasteiger partial charge in [0.1, 0.15) is 23.7 Å². The zero-order valence-electron chi connectivity index (χ0n) is 13.1. The maximum atomic E-state index is 12.5. The van der Waals surface area contributed by atoms with E-state index in [2.05, 4.69) is 9.97 Å². The van der Waals surface area contributed by atoms with Crippen molar-refractivity contribution < 1.29 is 31.0 Å². The summed E-state index contributed by atoms with van der Waals surface area (Å²) in [7, 11) is 7.55. The third-order valence-corrected chi connectivity index (χ3v) is 3.02. The van der Waals surface area contributed by atoms with Crippen molar-refractivity contribution in [2.45, 2.75) is 6.54 Å². The number of carbonyl (C=O) groups excluding carboxylic acids is 1. The van der Waals surface area contributed by atoms with Gasteiger partial charge in [-0.2, -0.15) is 0 Å². The fourth-order valence-corrected chi connectivity index (χ4v) is 2.09. The largest absolute Gasteiger partial charge is 1.00 e. The predicted molar refractivity (Wildman–Crippen MR) is 79.6 cm³/mol. The molecule has 120 valence electrons. The van der Waals surface area contributed by atoms with Gasteiger partial charge in [0, 0.05) is 5.56 Å². The lowest BCUT2D eigenvalue weighted by Crippen LogP contribution is -3.00. The van der Waals surface area contributed by atoms with Crippen molar-refractivity contribution in [2.75, 3.05) is 28.3 Å². The van der Waals surface area contributed by atoms with Gasteiger partial charge in [0.2, 0.25) is 5.78 Å². The smallest absolute Gasteiger partial charge is 0.323 e. The minimum absolute atomic E-state index is 0. The second-order valence-corrected chi connectivity index (χ2v) is 5.94. The van der Waals surface area contributed by atoms with Crippen LogP contribution in [0.15, 0.2) is 29.1 Å². The number of aromatic nitrogens is 2. The summed E-state index contributed by atoms with van der Waals surface area (Å²) in [6.45, 7) is 0.552. The molecule has 0 saturated heterocycles. The van der Waals surface area contributed by atoms with Crippen LogP contribution in [0.4, 0.5) is 0 Å². The number of aromatic amines is 2. The number of ketones is 1. The number of hydrogen-bond acceptors (Lipinski definition) is 3. The molecule has 0 spiro atoms. The maximum absolute atomic E-state index is 12.5. The van der Waals surface area contributed by atoms with Crippen LogP contribution in [-0.4, -0.2) is 48.5 Å². The Morgan fingerprint density at radius 2 is 1.73 bits per heavy atom. The lowest BCUT2D eigenvalue weighted by molar-refractivity contribution is -0.884. The Morgan fingerprint density at radius 1 is 1.14 bits per heavy atom. The average molecular weight is 370 g/mol. The topological polar surface area (TPSA) is 75.0 Å². The number of halogens is 1. The minimum Gasteiger partial charge on any atom is -1.00 e. The highest BCUT2D eigenvalue weighted by molar-refractivity contribution is 6.08. The summed E-state index contributed by atoms with van der Waals surface area (Å²) in [6.07, 6.45) is 0. The fourth-order valence-electron chi connectivity index (χ4n) is 2.09. The van der Waals surface area contributed by atoms with Crippen LogP contribution in [0.25, 0.3) is 0 Å². The molecule has 0 aliphatic rings. The molecule has 2 N–H and O–H groups in total. The summed E-state index contributed by atoms with van der Waals surface area (Å²) in [5.74, 6) is 0.472. The zero-order valence-corrected chi connectivity index (χ0v) is 14.7. The molecule has 0 atom stereocenters. The van der Waals surface area contributed by atoms with Crippen molar-refractivity contribution in [3.63, 3.8) is 0 Å². The second kappa shape index (κ2) is 6.93. The number of carbonyl (C=O) groups is 1. The Hall–Kier alpha value is -1.86. The number of H-pyrrole nitrogens is 2. The van der Waals surface area contributed by atoms with E-state index in [1.165, 1.54) is 0 Å². The molecule has 0 radical (unpaired) electrons. The molecule has 0 saturated carbocycles. The summed E-state index contributed by atoms with van der Waals surface area (Å²) >= 11 is 0. The number of ether oxygens (including phenoxy) is 1. The first kappa shape index (κ1) is 18.2. The molecular weight excluding hydrogens is 350 g/mol. The number of rotatable bonds is 5. The van der Waals surface area contributed by atoms with E-state index in [4.69, 9.17) is 4.74 Å². The molecule has 0 aliphatic carbocycles. The first-order valence-corrected chi connectivity index (χ1v) is 6.60. The van der Waals surface area contributed by atoms with Crippen LogP contribution in [0.2, 0.25) is 0 Å². The fraction of sp³-hybridized carbons (Fsp3) is 0.333. The summed E-state index contributed by atoms with van der Waals surface area (Å²) in [6, 6.07) is 6.80. The van der Waals surface area contributed by atoms with E-state index < -0.39 is 0 Å². The molecule has 0 aliphatic heterocycles. The Bertz CT molecular complexity index is 696. The normalized spacial score (nSPS) is 10.9. The van der Waals surface area contributed by atoms with Crippen molar-refractivity contribution in [1.82, 2.24) is 9.97 Å². The lowest BCUT2D eigenvalue weighted by atomic mass is 10.1. The van der Waals surface area contributed by atoms with Gasteiger partial charge in [-0.15, -0.1) is 0 Å². The summed E-state index contributed by atoms with van der Waals surface area (Å²) in [4.78, 5) is 29.4. The molecule has 0 fully saturated rings. The van der Waals surface area contributed by atoms with Crippen LogP contribution < -0.4 is 27.4 Å². The summed E-state index contributed by atoms with van der Waals surface area (Å²) in [5.41, 5.74) is 1.08. The van der Waals surface area contributed by atoms with Gasteiger partial charge in [0.15, 0.2) is 0 Å². The van der Waals surface area contributed by atoms with Crippen molar-refractivity contribution in [1.29, 1.82) is 0 Å². The van der Waals surface area contributed by atoms with Gasteiger partial charge < -0.3 is 36.2 Å². The highest BCUT2D eigenvalue weighted by atomic mass is 79.9. The Kier molecular flexibility index (Phi) is 5.73. The van der Waals surface area contributed by atoms with E-state index in [9.17, 15) is 9.59 Å². The van der Waals surface area contributed by atoms with Crippen molar-refractivity contribution in [3.8, 4) is 5.75 Å². The van der Waals surface area contributed by atoms with Gasteiger partial charge in [0.05, 0.1) is 28.3 Å². The van der Waals surface area contributed by atoms with Crippen LogP contribution in [0, 0.1) is 0 Å². The molecule has 2 rings (SSSR count). The number of benzene rings is 1. The highest BCUT2D eigenvalue weighted by Crippen LogP contribution is 2.16. The van der Waals surface area contributed by atoms with Gasteiger partial charge in [-0.1, -0.05) is 0 Å². The minimum atomic E-state index is -0.365. The first-order chi connectivity index (χ1) is 9.80. The van der Waals surface area contributed by atoms with Crippen molar-refractivity contribution in [3.05, 3.63) is 51.7 Å². The average Bonchev–Trinajstić information content (AvgIpc) is 2.76. The Labute approximate surface area is 139 Å². The number of methoxy groups -OCH3 is 1. The number of imidazole rings is 1. The van der Waals surface area contributed by atoms with E-state index in [0.717, 1.165) is 0 Å². The molecule has 22 heavy (non-hydrogen) atoms. The standard InChI is InChI=1S/C15H19N3O3.BrH/c1-18(2,3)9-12-13(17-15(20)16-12)14(19)10-5-7-11(21-4)8-6-10;/h5-8H,9H2,1-4H3,(H-,16,17,19,20);1H. The number of hydrogen-bond donors (Lipinski definition) is 2. The van der Waals surface area contributed by atoms with Crippen molar-refractivity contribution in [2.24, 2.45) is 0 Å². The molecule has 2 aromatic rings. The Morgan fingerprint density at radius 3 is 2.23 bits per heavy atom. The predicted octanol–water partition coefficient (Wildman–Crippen LogP) is -1.85. The number of nitrogens with zero attached hydrogens (tertiary/aromatic N) is 1. The third kappa shape index (κ3) is 4.32. The molecule has 1 heterocycles. The van der Waals surface area contributed by atoms with E-state index in [0.29, 0.717) is 33.7 Å². The third-order valence-electron chi connectivity index (χ3n) is 3.02. The molecular formula is C15H20BrN3O3.